The Morgan fingerprint density at radius 1 is 1.12 bits per heavy atom. The number of aliphatic imine (C=N–C) groups is 1. The molecule has 0 aromatic heterocycles. The van der Waals surface area contributed by atoms with E-state index in [1.54, 1.807) is 0 Å². The number of piperidine rings is 1. The van der Waals surface area contributed by atoms with Gasteiger partial charge in [-0.05, 0) is 11.5 Å². The Kier molecular flexibility index (Phi) is 4.29. The van der Waals surface area contributed by atoms with Gasteiger partial charge in [-0.1, -0.05) is 37.1 Å². The Bertz CT molecular complexity index is 395. The van der Waals surface area contributed by atoms with Gasteiger partial charge in [-0.2, -0.15) is 0 Å². The Morgan fingerprint density at radius 2 is 1.88 bits per heavy atom. The molecule has 2 nitrogen and oxygen atoms in total. The van der Waals surface area contributed by atoms with Crippen LogP contribution in [0.15, 0.2) is 29.3 Å². The molecule has 1 fully saturated rings. The summed E-state index contributed by atoms with van der Waals surface area (Å²) < 4.78 is 0. The fraction of sp³-hybridized carbons (Fsp3) is 0.462. The molecule has 1 saturated heterocycles. The van der Waals surface area contributed by atoms with Crippen molar-refractivity contribution < 1.29 is 32.7 Å². The molecule has 0 bridgehead atoms. The summed E-state index contributed by atoms with van der Waals surface area (Å²) in [5.41, 5.74) is 4.14. The summed E-state index contributed by atoms with van der Waals surface area (Å²) in [4.78, 5) is 4.70. The minimum atomic E-state index is 0. The standard InChI is InChI=1S/C13H15N2.Y/c1-2-4-12-11(3-1)9-15-13(12)10-5-7-14-8-6-10;/h1-4,10H,5-9H2;/q-1;+3. The van der Waals surface area contributed by atoms with Crippen molar-refractivity contribution in [2.24, 2.45) is 10.9 Å². The molecule has 0 radical (unpaired) electrons. The first-order valence-electron chi connectivity index (χ1n) is 5.71. The molecule has 78 valence electrons. The van der Waals surface area contributed by atoms with Gasteiger partial charge in [0.05, 0.1) is 6.54 Å². The topological polar surface area (TPSA) is 26.5 Å². The fourth-order valence-electron chi connectivity index (χ4n) is 2.54. The van der Waals surface area contributed by atoms with E-state index in [2.05, 4.69) is 29.6 Å². The molecule has 1 aromatic rings. The van der Waals surface area contributed by atoms with Crippen LogP contribution in [0.5, 0.6) is 0 Å². The molecule has 2 aliphatic heterocycles. The van der Waals surface area contributed by atoms with Gasteiger partial charge in [-0.15, -0.1) is 13.1 Å². The second kappa shape index (κ2) is 5.53. The molecule has 16 heavy (non-hydrogen) atoms. The summed E-state index contributed by atoms with van der Waals surface area (Å²) in [7, 11) is 0. The molecule has 0 saturated carbocycles. The molecular weight excluding hydrogens is 273 g/mol. The van der Waals surface area contributed by atoms with Crippen molar-refractivity contribution in [3.63, 3.8) is 0 Å². The number of hydrogen-bond acceptors (Lipinski definition) is 1. The summed E-state index contributed by atoms with van der Waals surface area (Å²) in [6, 6.07) is 8.63. The molecule has 0 aliphatic carbocycles. The molecule has 3 rings (SSSR count). The molecular formula is C13H15N2Y+2. The van der Waals surface area contributed by atoms with Gasteiger partial charge in [-0.25, -0.2) is 0 Å². The van der Waals surface area contributed by atoms with E-state index < -0.39 is 0 Å². The second-order valence-electron chi connectivity index (χ2n) is 4.30. The molecule has 0 unspecified atom stereocenters. The van der Waals surface area contributed by atoms with Gasteiger partial charge in [0, 0.05) is 11.3 Å². The number of nitrogens with zero attached hydrogens (tertiary/aromatic N) is 2. The van der Waals surface area contributed by atoms with Crippen molar-refractivity contribution in [3.05, 3.63) is 40.7 Å². The van der Waals surface area contributed by atoms with Crippen LogP contribution in [0.2, 0.25) is 0 Å². The van der Waals surface area contributed by atoms with E-state index in [0.29, 0.717) is 5.92 Å². The largest absolute Gasteiger partial charge is 3.00 e. The van der Waals surface area contributed by atoms with Gasteiger partial charge >= 0.3 is 32.7 Å². The van der Waals surface area contributed by atoms with Crippen LogP contribution in [0, 0.1) is 5.92 Å². The van der Waals surface area contributed by atoms with Crippen LogP contribution in [0.3, 0.4) is 0 Å². The number of fused-ring (bicyclic) bond motifs is 1. The summed E-state index contributed by atoms with van der Waals surface area (Å²) >= 11 is 0. The molecule has 2 heterocycles. The Labute approximate surface area is 122 Å². The van der Waals surface area contributed by atoms with Crippen molar-refractivity contribution in [2.75, 3.05) is 13.1 Å². The maximum absolute atomic E-state index is 4.70. The van der Waals surface area contributed by atoms with Crippen LogP contribution in [0.4, 0.5) is 0 Å². The van der Waals surface area contributed by atoms with Crippen LogP contribution in [0.25, 0.3) is 5.32 Å². The van der Waals surface area contributed by atoms with Crippen LogP contribution >= 0.6 is 0 Å². The number of rotatable bonds is 1. The first-order chi connectivity index (χ1) is 7.45. The van der Waals surface area contributed by atoms with Crippen LogP contribution < -0.4 is 0 Å². The van der Waals surface area contributed by atoms with Gasteiger partial charge in [0.15, 0.2) is 0 Å². The fourth-order valence-corrected chi connectivity index (χ4v) is 2.54. The number of hydrogen-bond donors (Lipinski definition) is 0. The van der Waals surface area contributed by atoms with E-state index in [4.69, 9.17) is 4.99 Å². The summed E-state index contributed by atoms with van der Waals surface area (Å²) in [5.74, 6) is 0.658. The molecule has 2 aliphatic rings. The molecule has 0 amide bonds. The maximum Gasteiger partial charge on any atom is 3.00 e. The third kappa shape index (κ3) is 2.29. The monoisotopic (exact) mass is 288 g/mol. The third-order valence-electron chi connectivity index (χ3n) is 3.37. The van der Waals surface area contributed by atoms with Gasteiger partial charge in [0.1, 0.15) is 0 Å². The maximum atomic E-state index is 4.70. The first kappa shape index (κ1) is 12.4. The molecule has 3 heteroatoms. The Hall–Kier alpha value is -0.0461. The zero-order valence-electron chi connectivity index (χ0n) is 9.39. The minimum absolute atomic E-state index is 0. The molecule has 1 aromatic carbocycles. The quantitative estimate of drug-likeness (QED) is 0.759. The van der Waals surface area contributed by atoms with E-state index in [0.717, 1.165) is 19.6 Å². The van der Waals surface area contributed by atoms with Crippen molar-refractivity contribution in [2.45, 2.75) is 19.4 Å². The molecule has 0 atom stereocenters. The number of benzene rings is 1. The van der Waals surface area contributed by atoms with E-state index in [1.807, 2.05) is 0 Å². The average molecular weight is 288 g/mol. The summed E-state index contributed by atoms with van der Waals surface area (Å²) in [5, 5.41) is 4.40. The molecule has 0 N–H and O–H groups in total. The molecule has 0 spiro atoms. The van der Waals surface area contributed by atoms with Crippen LogP contribution in [0.1, 0.15) is 24.0 Å². The van der Waals surface area contributed by atoms with Gasteiger partial charge in [0.2, 0.25) is 0 Å². The predicted octanol–water partition coefficient (Wildman–Crippen LogP) is 2.77. The van der Waals surface area contributed by atoms with Crippen molar-refractivity contribution >= 4 is 5.71 Å². The second-order valence-corrected chi connectivity index (χ2v) is 4.30. The predicted molar refractivity (Wildman–Crippen MR) is 62.5 cm³/mol. The summed E-state index contributed by atoms with van der Waals surface area (Å²) in [6.45, 7) is 2.93. The SMILES string of the molecule is [Y+3].c1ccc2c(c1)CN=C2C1CC[N-]CC1. The van der Waals surface area contributed by atoms with E-state index in [-0.39, 0.29) is 32.7 Å². The summed E-state index contributed by atoms with van der Waals surface area (Å²) in [6.07, 6.45) is 2.38. The van der Waals surface area contributed by atoms with Gasteiger partial charge in [-0.3, -0.25) is 4.99 Å². The van der Waals surface area contributed by atoms with Gasteiger partial charge < -0.3 is 5.32 Å². The Balaban J connectivity index is 0.000000963. The Morgan fingerprint density at radius 3 is 2.69 bits per heavy atom. The first-order valence-corrected chi connectivity index (χ1v) is 5.71. The van der Waals surface area contributed by atoms with Crippen LogP contribution in [-0.4, -0.2) is 18.8 Å². The van der Waals surface area contributed by atoms with E-state index >= 15 is 0 Å². The van der Waals surface area contributed by atoms with E-state index in [9.17, 15) is 0 Å². The van der Waals surface area contributed by atoms with Crippen molar-refractivity contribution in [1.82, 2.24) is 0 Å². The van der Waals surface area contributed by atoms with Crippen molar-refractivity contribution in [3.8, 4) is 0 Å². The van der Waals surface area contributed by atoms with Gasteiger partial charge in [0.25, 0.3) is 0 Å². The zero-order chi connectivity index (χ0) is 10.1. The third-order valence-corrected chi connectivity index (χ3v) is 3.37. The minimum Gasteiger partial charge on any atom is -0.662 e. The zero-order valence-corrected chi connectivity index (χ0v) is 12.2. The van der Waals surface area contributed by atoms with E-state index in [1.165, 1.54) is 29.7 Å². The normalized spacial score (nSPS) is 19.9. The smallest absolute Gasteiger partial charge is 0.662 e. The van der Waals surface area contributed by atoms with Crippen LogP contribution in [-0.2, 0) is 39.3 Å². The van der Waals surface area contributed by atoms with Crippen molar-refractivity contribution in [1.29, 1.82) is 0 Å². The average Bonchev–Trinajstić information content (AvgIpc) is 2.74.